The van der Waals surface area contributed by atoms with E-state index in [-0.39, 0.29) is 0 Å². The van der Waals surface area contributed by atoms with Crippen LogP contribution in [0.1, 0.15) is 66.7 Å². The van der Waals surface area contributed by atoms with E-state index in [1.165, 1.54) is 25.7 Å². The average Bonchev–Trinajstić information content (AvgIpc) is 2.42. The van der Waals surface area contributed by atoms with E-state index in [1.54, 1.807) is 5.57 Å². The summed E-state index contributed by atoms with van der Waals surface area (Å²) in [5.41, 5.74) is 1.56. The maximum Gasteiger partial charge on any atom is -0.000373 e. The van der Waals surface area contributed by atoms with Crippen LogP contribution in [0.3, 0.4) is 0 Å². The minimum absolute atomic E-state index is 0.782. The largest absolute Gasteiger partial charge is 0.368 e. The Morgan fingerprint density at radius 1 is 1.21 bits per heavy atom. The Kier molecular flexibility index (Phi) is 7.27. The van der Waals surface area contributed by atoms with Crippen molar-refractivity contribution in [1.29, 1.82) is 0 Å². The first kappa shape index (κ1) is 16.3. The van der Waals surface area contributed by atoms with Crippen molar-refractivity contribution in [2.45, 2.75) is 66.7 Å². The molecular weight excluding hydrogens is 230 g/mol. The molecule has 0 saturated carbocycles. The van der Waals surface area contributed by atoms with Crippen molar-refractivity contribution < 1.29 is 0 Å². The summed E-state index contributed by atoms with van der Waals surface area (Å²) in [5, 5.41) is 3.35. The van der Waals surface area contributed by atoms with Crippen LogP contribution in [0, 0.1) is 23.7 Å². The Morgan fingerprint density at radius 3 is 2.53 bits per heavy atom. The van der Waals surface area contributed by atoms with Crippen LogP contribution >= 0.6 is 0 Å². The van der Waals surface area contributed by atoms with Crippen molar-refractivity contribution >= 4 is 0 Å². The topological polar surface area (TPSA) is 12.0 Å². The zero-order valence-corrected chi connectivity index (χ0v) is 13.6. The first-order valence-electron chi connectivity index (χ1n) is 8.17. The Bertz CT molecular complexity index is 301. The first-order chi connectivity index (χ1) is 9.08. The summed E-state index contributed by atoms with van der Waals surface area (Å²) in [5.74, 6) is 3.29. The molecule has 0 amide bonds. The second-order valence-electron chi connectivity index (χ2n) is 6.55. The predicted molar refractivity (Wildman–Crippen MR) is 85.8 cm³/mol. The summed E-state index contributed by atoms with van der Waals surface area (Å²) < 4.78 is 0. The lowest BCUT2D eigenvalue weighted by Gasteiger charge is -2.30. The normalized spacial score (nSPS) is 31.2. The molecule has 1 heteroatoms. The quantitative estimate of drug-likeness (QED) is 0.706. The van der Waals surface area contributed by atoms with Crippen LogP contribution in [-0.2, 0) is 0 Å². The molecule has 3 atom stereocenters. The van der Waals surface area contributed by atoms with Crippen molar-refractivity contribution in [1.82, 2.24) is 5.32 Å². The SMILES string of the molecule is CC/C1=C/N/C=C\CC(C(C)CC)CC(C(C)C)C1. The lowest BCUT2D eigenvalue weighted by molar-refractivity contribution is 0.235. The molecule has 0 bridgehead atoms. The molecular formula is C18H33N. The standard InChI is InChI=1S/C18H33N/c1-6-15(5)17-9-8-10-19-13-16(7-2)11-18(12-17)14(3)4/h8,10,13-15,17-19H,6-7,9,11-12H2,1-5H3/b10-8-,16-13-. The Morgan fingerprint density at radius 2 is 1.95 bits per heavy atom. The van der Waals surface area contributed by atoms with Crippen molar-refractivity contribution in [3.05, 3.63) is 24.0 Å². The maximum atomic E-state index is 3.35. The third kappa shape index (κ3) is 5.42. The zero-order chi connectivity index (χ0) is 14.3. The average molecular weight is 263 g/mol. The van der Waals surface area contributed by atoms with Gasteiger partial charge in [0, 0.05) is 0 Å². The highest BCUT2D eigenvalue weighted by Crippen LogP contribution is 2.34. The second-order valence-corrected chi connectivity index (χ2v) is 6.55. The van der Waals surface area contributed by atoms with Crippen molar-refractivity contribution in [3.63, 3.8) is 0 Å². The highest BCUT2D eigenvalue weighted by molar-refractivity contribution is 5.05. The summed E-state index contributed by atoms with van der Waals surface area (Å²) >= 11 is 0. The van der Waals surface area contributed by atoms with E-state index in [0.29, 0.717) is 0 Å². The van der Waals surface area contributed by atoms with Gasteiger partial charge in [-0.3, -0.25) is 0 Å². The van der Waals surface area contributed by atoms with Gasteiger partial charge in [-0.05, 0) is 61.8 Å². The molecule has 0 spiro atoms. The number of nitrogens with one attached hydrogen (secondary N) is 1. The van der Waals surface area contributed by atoms with E-state index in [4.69, 9.17) is 0 Å². The number of rotatable bonds is 4. The fraction of sp³-hybridized carbons (Fsp3) is 0.778. The van der Waals surface area contributed by atoms with E-state index in [9.17, 15) is 0 Å². The lowest BCUT2D eigenvalue weighted by atomic mass is 9.76. The van der Waals surface area contributed by atoms with Crippen LogP contribution in [0.15, 0.2) is 24.0 Å². The molecule has 0 aromatic rings. The highest BCUT2D eigenvalue weighted by atomic mass is 14.8. The van der Waals surface area contributed by atoms with Gasteiger partial charge >= 0.3 is 0 Å². The van der Waals surface area contributed by atoms with Gasteiger partial charge in [-0.15, -0.1) is 0 Å². The Labute approximate surface area is 120 Å². The number of hydrogen-bond acceptors (Lipinski definition) is 1. The van der Waals surface area contributed by atoms with E-state index in [1.807, 2.05) is 0 Å². The molecule has 0 aliphatic carbocycles. The van der Waals surface area contributed by atoms with E-state index < -0.39 is 0 Å². The summed E-state index contributed by atoms with van der Waals surface area (Å²) in [4.78, 5) is 0. The van der Waals surface area contributed by atoms with Crippen molar-refractivity contribution in [3.8, 4) is 0 Å². The Balaban J connectivity index is 2.84. The fourth-order valence-corrected chi connectivity index (χ4v) is 2.99. The second kappa shape index (κ2) is 8.45. The van der Waals surface area contributed by atoms with Crippen molar-refractivity contribution in [2.24, 2.45) is 23.7 Å². The third-order valence-corrected chi connectivity index (χ3v) is 4.92. The molecule has 3 unspecified atom stereocenters. The highest BCUT2D eigenvalue weighted by Gasteiger charge is 2.23. The van der Waals surface area contributed by atoms with Crippen LogP contribution in [-0.4, -0.2) is 0 Å². The molecule has 1 heterocycles. The summed E-state index contributed by atoms with van der Waals surface area (Å²) in [7, 11) is 0. The summed E-state index contributed by atoms with van der Waals surface area (Å²) in [6.45, 7) is 11.8. The molecule has 0 aromatic carbocycles. The van der Waals surface area contributed by atoms with Crippen LogP contribution in [0.5, 0.6) is 0 Å². The van der Waals surface area contributed by atoms with E-state index in [2.05, 4.69) is 58.4 Å². The third-order valence-electron chi connectivity index (χ3n) is 4.92. The lowest BCUT2D eigenvalue weighted by Crippen LogP contribution is -2.20. The first-order valence-corrected chi connectivity index (χ1v) is 8.17. The minimum Gasteiger partial charge on any atom is -0.368 e. The smallest absolute Gasteiger partial charge is 0.000373 e. The van der Waals surface area contributed by atoms with E-state index >= 15 is 0 Å². The van der Waals surface area contributed by atoms with Crippen LogP contribution < -0.4 is 5.32 Å². The summed E-state index contributed by atoms with van der Waals surface area (Å²) in [6, 6.07) is 0. The van der Waals surface area contributed by atoms with Gasteiger partial charge in [-0.2, -0.15) is 0 Å². The molecule has 1 nitrogen and oxygen atoms in total. The predicted octanol–water partition coefficient (Wildman–Crippen LogP) is 5.50. The molecule has 0 aromatic heterocycles. The molecule has 1 aliphatic rings. The van der Waals surface area contributed by atoms with Gasteiger partial charge in [0.2, 0.25) is 0 Å². The molecule has 0 saturated heterocycles. The van der Waals surface area contributed by atoms with Gasteiger partial charge in [0.25, 0.3) is 0 Å². The zero-order valence-electron chi connectivity index (χ0n) is 13.6. The monoisotopic (exact) mass is 263 g/mol. The Hall–Kier alpha value is -0.720. The van der Waals surface area contributed by atoms with Crippen LogP contribution in [0.25, 0.3) is 0 Å². The van der Waals surface area contributed by atoms with Crippen molar-refractivity contribution in [2.75, 3.05) is 0 Å². The maximum absolute atomic E-state index is 3.35. The van der Waals surface area contributed by atoms with Gasteiger partial charge in [-0.25, -0.2) is 0 Å². The van der Waals surface area contributed by atoms with Gasteiger partial charge in [0.1, 0.15) is 0 Å². The molecule has 1 N–H and O–H groups in total. The minimum atomic E-state index is 0.782. The van der Waals surface area contributed by atoms with Gasteiger partial charge in [0.15, 0.2) is 0 Å². The van der Waals surface area contributed by atoms with Crippen LogP contribution in [0.2, 0.25) is 0 Å². The molecule has 110 valence electrons. The van der Waals surface area contributed by atoms with Gasteiger partial charge in [0.05, 0.1) is 0 Å². The molecule has 0 radical (unpaired) electrons. The van der Waals surface area contributed by atoms with Crippen LogP contribution in [0.4, 0.5) is 0 Å². The number of hydrogen-bond donors (Lipinski definition) is 1. The molecule has 0 fully saturated rings. The summed E-state index contributed by atoms with van der Waals surface area (Å²) in [6.07, 6.45) is 13.0. The van der Waals surface area contributed by atoms with Gasteiger partial charge < -0.3 is 5.32 Å². The molecule has 1 aliphatic heterocycles. The van der Waals surface area contributed by atoms with E-state index in [0.717, 1.165) is 30.1 Å². The molecule has 1 rings (SSSR count). The molecule has 19 heavy (non-hydrogen) atoms. The number of allylic oxidation sites excluding steroid dienone is 2. The van der Waals surface area contributed by atoms with Gasteiger partial charge in [-0.1, -0.05) is 52.7 Å². The fourth-order valence-electron chi connectivity index (χ4n) is 2.99.